The molecule has 0 aliphatic heterocycles. The number of urea groups is 1. The molecule has 0 atom stereocenters. The second-order valence-corrected chi connectivity index (χ2v) is 6.95. The van der Waals surface area contributed by atoms with Crippen molar-refractivity contribution in [3.05, 3.63) is 65.0 Å². The van der Waals surface area contributed by atoms with Crippen LogP contribution in [0.15, 0.2) is 59.4 Å². The SMILES string of the molecule is O=C(NC1CCCCC1)Nn1c(-c2ccccc2)[nH+]c2ccccc2c1=O. The van der Waals surface area contributed by atoms with Gasteiger partial charge in [-0.05, 0) is 37.1 Å². The Balaban J connectivity index is 1.72. The molecule has 2 aromatic carbocycles. The first kappa shape index (κ1) is 17.3. The second-order valence-electron chi connectivity index (χ2n) is 6.95. The maximum Gasteiger partial charge on any atom is 0.369 e. The highest BCUT2D eigenvalue weighted by atomic mass is 16.2. The highest BCUT2D eigenvalue weighted by molar-refractivity contribution is 5.83. The average Bonchev–Trinajstić information content (AvgIpc) is 2.71. The van der Waals surface area contributed by atoms with E-state index in [1.54, 1.807) is 6.07 Å². The number of carbonyl (C=O) groups excluding carboxylic acids is 1. The Labute approximate surface area is 157 Å². The number of aromatic nitrogens is 2. The number of H-pyrrole nitrogens is 1. The fourth-order valence-corrected chi connectivity index (χ4v) is 3.65. The zero-order valence-corrected chi connectivity index (χ0v) is 15.1. The van der Waals surface area contributed by atoms with E-state index < -0.39 is 0 Å². The van der Waals surface area contributed by atoms with Crippen molar-refractivity contribution in [3.8, 4) is 11.4 Å². The van der Waals surface area contributed by atoms with Crippen molar-refractivity contribution < 1.29 is 9.78 Å². The number of hydrogen-bond donors (Lipinski definition) is 2. The van der Waals surface area contributed by atoms with Crippen molar-refractivity contribution in [2.24, 2.45) is 0 Å². The lowest BCUT2D eigenvalue weighted by Gasteiger charge is -2.22. The van der Waals surface area contributed by atoms with Gasteiger partial charge in [-0.25, -0.2) is 14.6 Å². The maximum absolute atomic E-state index is 13.1. The van der Waals surface area contributed by atoms with Gasteiger partial charge in [-0.1, -0.05) is 54.3 Å². The minimum atomic E-state index is -0.357. The Hall–Kier alpha value is -3.15. The minimum Gasteiger partial charge on any atom is -0.333 e. The molecule has 6 heteroatoms. The van der Waals surface area contributed by atoms with Crippen LogP contribution in [0.4, 0.5) is 4.79 Å². The van der Waals surface area contributed by atoms with Gasteiger partial charge in [0.15, 0.2) is 0 Å². The van der Waals surface area contributed by atoms with Crippen LogP contribution >= 0.6 is 0 Å². The van der Waals surface area contributed by atoms with E-state index in [1.165, 1.54) is 11.1 Å². The number of para-hydroxylation sites is 1. The fourth-order valence-electron chi connectivity index (χ4n) is 3.65. The summed E-state index contributed by atoms with van der Waals surface area (Å²) in [6.07, 6.45) is 5.44. The summed E-state index contributed by atoms with van der Waals surface area (Å²) in [5.74, 6) is 0.540. The molecule has 0 spiro atoms. The monoisotopic (exact) mass is 363 g/mol. The van der Waals surface area contributed by atoms with Crippen molar-refractivity contribution >= 4 is 16.9 Å². The first-order valence-corrected chi connectivity index (χ1v) is 9.42. The molecule has 0 radical (unpaired) electrons. The number of nitrogens with one attached hydrogen (secondary N) is 3. The van der Waals surface area contributed by atoms with Gasteiger partial charge >= 0.3 is 17.4 Å². The average molecular weight is 363 g/mol. The third kappa shape index (κ3) is 3.69. The van der Waals surface area contributed by atoms with Gasteiger partial charge in [-0.2, -0.15) is 5.43 Å². The lowest BCUT2D eigenvalue weighted by atomic mass is 9.96. The zero-order valence-electron chi connectivity index (χ0n) is 15.1. The summed E-state index contributed by atoms with van der Waals surface area (Å²) in [7, 11) is 0. The molecule has 6 nitrogen and oxygen atoms in total. The summed E-state index contributed by atoms with van der Waals surface area (Å²) < 4.78 is 1.30. The molecule has 0 unspecified atom stereocenters. The maximum atomic E-state index is 13.1. The molecule has 0 bridgehead atoms. The minimum absolute atomic E-state index is 0.166. The van der Waals surface area contributed by atoms with Gasteiger partial charge in [0.05, 0.1) is 5.56 Å². The highest BCUT2D eigenvalue weighted by Crippen LogP contribution is 2.17. The normalized spacial score (nSPS) is 14.8. The van der Waals surface area contributed by atoms with Gasteiger partial charge < -0.3 is 5.32 Å². The molecule has 0 saturated heterocycles. The molecule has 4 rings (SSSR count). The predicted molar refractivity (Wildman–Crippen MR) is 105 cm³/mol. The van der Waals surface area contributed by atoms with Crippen LogP contribution in [-0.2, 0) is 0 Å². The molecule has 1 heterocycles. The molecular formula is C21H23N4O2+. The lowest BCUT2D eigenvalue weighted by molar-refractivity contribution is -0.337. The molecule has 1 saturated carbocycles. The van der Waals surface area contributed by atoms with Gasteiger partial charge in [-0.15, -0.1) is 0 Å². The van der Waals surface area contributed by atoms with Gasteiger partial charge in [0.1, 0.15) is 10.9 Å². The quantitative estimate of drug-likeness (QED) is 0.750. The van der Waals surface area contributed by atoms with E-state index in [2.05, 4.69) is 15.7 Å². The van der Waals surface area contributed by atoms with Crippen LogP contribution in [0, 0.1) is 0 Å². The molecule has 2 amide bonds. The van der Waals surface area contributed by atoms with Crippen LogP contribution in [-0.4, -0.2) is 16.7 Å². The van der Waals surface area contributed by atoms with E-state index in [-0.39, 0.29) is 17.6 Å². The van der Waals surface area contributed by atoms with Crippen molar-refractivity contribution in [2.45, 2.75) is 38.1 Å². The van der Waals surface area contributed by atoms with E-state index in [0.29, 0.717) is 11.2 Å². The summed E-state index contributed by atoms with van der Waals surface area (Å²) in [6.45, 7) is 0. The van der Waals surface area contributed by atoms with Crippen molar-refractivity contribution in [2.75, 3.05) is 5.43 Å². The fraction of sp³-hybridized carbons (Fsp3) is 0.286. The number of aromatic amines is 1. The number of fused-ring (bicyclic) bond motifs is 1. The Morgan fingerprint density at radius 1 is 0.963 bits per heavy atom. The smallest absolute Gasteiger partial charge is 0.333 e. The Bertz CT molecular complexity index is 1010. The van der Waals surface area contributed by atoms with Crippen LogP contribution in [0.1, 0.15) is 32.1 Å². The lowest BCUT2D eigenvalue weighted by Crippen LogP contribution is -2.46. The molecular weight excluding hydrogens is 340 g/mol. The molecule has 1 aromatic heterocycles. The van der Waals surface area contributed by atoms with E-state index >= 15 is 0 Å². The molecule has 138 valence electrons. The van der Waals surface area contributed by atoms with Crippen LogP contribution in [0.3, 0.4) is 0 Å². The van der Waals surface area contributed by atoms with Crippen LogP contribution < -0.4 is 21.3 Å². The number of rotatable bonds is 3. The van der Waals surface area contributed by atoms with E-state index in [0.717, 1.165) is 36.8 Å². The third-order valence-electron chi connectivity index (χ3n) is 5.04. The molecule has 1 aliphatic rings. The number of nitrogens with zero attached hydrogens (tertiary/aromatic N) is 1. The highest BCUT2D eigenvalue weighted by Gasteiger charge is 2.23. The largest absolute Gasteiger partial charge is 0.369 e. The van der Waals surface area contributed by atoms with E-state index in [9.17, 15) is 9.59 Å². The second kappa shape index (κ2) is 7.61. The van der Waals surface area contributed by atoms with Crippen molar-refractivity contribution in [1.29, 1.82) is 0 Å². The predicted octanol–water partition coefficient (Wildman–Crippen LogP) is 3.07. The van der Waals surface area contributed by atoms with Gasteiger partial charge in [-0.3, -0.25) is 0 Å². The van der Waals surface area contributed by atoms with Gasteiger partial charge in [0.25, 0.3) is 0 Å². The third-order valence-corrected chi connectivity index (χ3v) is 5.04. The topological polar surface area (TPSA) is 77.3 Å². The Morgan fingerprint density at radius 2 is 1.67 bits per heavy atom. The number of hydrogen-bond acceptors (Lipinski definition) is 2. The standard InChI is InChI=1S/C21H22N4O2/c26-20-17-13-7-8-14-18(17)23-19(15-9-3-1-4-10-15)25(20)24-21(27)22-16-11-5-2-6-12-16/h1,3-4,7-10,13-14,16H,2,5-6,11-12H2,(H2,22,24,27)/p+1. The summed E-state index contributed by atoms with van der Waals surface area (Å²) in [4.78, 5) is 28.9. The van der Waals surface area contributed by atoms with Crippen molar-refractivity contribution in [1.82, 2.24) is 9.99 Å². The van der Waals surface area contributed by atoms with Crippen molar-refractivity contribution in [3.63, 3.8) is 0 Å². The Morgan fingerprint density at radius 3 is 2.44 bits per heavy atom. The summed E-state index contributed by atoms with van der Waals surface area (Å²) in [6, 6.07) is 16.6. The molecule has 1 fully saturated rings. The molecule has 27 heavy (non-hydrogen) atoms. The van der Waals surface area contributed by atoms with Crippen LogP contribution in [0.2, 0.25) is 0 Å². The summed E-state index contributed by atoms with van der Waals surface area (Å²) in [5.41, 5.74) is 4.02. The Kier molecular flexibility index (Phi) is 4.87. The first-order valence-electron chi connectivity index (χ1n) is 9.42. The van der Waals surface area contributed by atoms with Crippen LogP contribution in [0.5, 0.6) is 0 Å². The van der Waals surface area contributed by atoms with Gasteiger partial charge in [0, 0.05) is 6.04 Å². The number of carbonyl (C=O) groups is 1. The number of amides is 2. The van der Waals surface area contributed by atoms with Gasteiger partial charge in [0.2, 0.25) is 0 Å². The first-order chi connectivity index (χ1) is 13.2. The summed E-state index contributed by atoms with van der Waals surface area (Å²) >= 11 is 0. The molecule has 1 aliphatic carbocycles. The van der Waals surface area contributed by atoms with E-state index in [1.807, 2.05) is 48.5 Å². The molecule has 3 N–H and O–H groups in total. The molecule has 3 aromatic rings. The summed E-state index contributed by atoms with van der Waals surface area (Å²) in [5, 5.41) is 3.52. The zero-order chi connectivity index (χ0) is 18.6. The van der Waals surface area contributed by atoms with Crippen LogP contribution in [0.25, 0.3) is 22.3 Å². The number of benzene rings is 2. The van der Waals surface area contributed by atoms with E-state index in [4.69, 9.17) is 0 Å².